The maximum absolute atomic E-state index is 11.2. The molecule has 3 nitrogen and oxygen atoms in total. The summed E-state index contributed by atoms with van der Waals surface area (Å²) < 4.78 is 0. The summed E-state index contributed by atoms with van der Waals surface area (Å²) in [6.45, 7) is 10.6. The first-order valence-corrected chi connectivity index (χ1v) is 7.35. The maximum atomic E-state index is 11.2. The maximum Gasteiger partial charge on any atom is 0.320 e. The average molecular weight is 277 g/mol. The summed E-state index contributed by atoms with van der Waals surface area (Å²) in [4.78, 5) is 11.2. The largest absolute Gasteiger partial charge is 0.480 e. The minimum Gasteiger partial charge on any atom is -0.480 e. The zero-order valence-corrected chi connectivity index (χ0v) is 13.2. The van der Waals surface area contributed by atoms with E-state index in [9.17, 15) is 9.90 Å². The number of hydrogen-bond donors (Lipinski definition) is 2. The van der Waals surface area contributed by atoms with E-state index in [4.69, 9.17) is 0 Å². The van der Waals surface area contributed by atoms with Crippen LogP contribution in [0.4, 0.5) is 0 Å². The van der Waals surface area contributed by atoms with Gasteiger partial charge in [0.25, 0.3) is 0 Å². The van der Waals surface area contributed by atoms with Gasteiger partial charge in [-0.05, 0) is 29.9 Å². The lowest BCUT2D eigenvalue weighted by molar-refractivity contribution is -0.139. The molecule has 2 N–H and O–H groups in total. The number of benzene rings is 1. The smallest absolute Gasteiger partial charge is 0.320 e. The fraction of sp³-hybridized carbons (Fsp3) is 0.588. The van der Waals surface area contributed by atoms with Crippen LogP contribution in [0.15, 0.2) is 24.3 Å². The van der Waals surface area contributed by atoms with Crippen LogP contribution in [0.3, 0.4) is 0 Å². The quantitative estimate of drug-likeness (QED) is 0.829. The highest BCUT2D eigenvalue weighted by atomic mass is 16.4. The van der Waals surface area contributed by atoms with Crippen molar-refractivity contribution in [1.29, 1.82) is 0 Å². The van der Waals surface area contributed by atoms with Gasteiger partial charge in [-0.1, -0.05) is 58.4 Å². The third kappa shape index (κ3) is 4.64. The molecule has 0 saturated carbocycles. The lowest BCUT2D eigenvalue weighted by atomic mass is 9.86. The Bertz CT molecular complexity index is 431. The van der Waals surface area contributed by atoms with Gasteiger partial charge in [-0.3, -0.25) is 10.1 Å². The molecule has 20 heavy (non-hydrogen) atoms. The van der Waals surface area contributed by atoms with Gasteiger partial charge in [-0.2, -0.15) is 0 Å². The Hall–Kier alpha value is -1.35. The average Bonchev–Trinajstić information content (AvgIpc) is 2.37. The normalized spacial score (nSPS) is 14.8. The topological polar surface area (TPSA) is 49.3 Å². The van der Waals surface area contributed by atoms with Gasteiger partial charge in [0.2, 0.25) is 0 Å². The van der Waals surface area contributed by atoms with Crippen LogP contribution in [0.25, 0.3) is 0 Å². The summed E-state index contributed by atoms with van der Waals surface area (Å²) >= 11 is 0. The molecule has 0 radical (unpaired) electrons. The van der Waals surface area contributed by atoms with E-state index >= 15 is 0 Å². The first-order chi connectivity index (χ1) is 9.25. The van der Waals surface area contributed by atoms with Crippen LogP contribution in [0.2, 0.25) is 0 Å². The number of hydrogen-bond acceptors (Lipinski definition) is 2. The second-order valence-corrected chi connectivity index (χ2v) is 6.44. The molecule has 1 aromatic carbocycles. The van der Waals surface area contributed by atoms with Gasteiger partial charge in [-0.15, -0.1) is 0 Å². The summed E-state index contributed by atoms with van der Waals surface area (Å²) in [5.41, 5.74) is 2.55. The molecular formula is C17H27NO2. The second-order valence-electron chi connectivity index (χ2n) is 6.44. The molecule has 3 heteroatoms. The van der Waals surface area contributed by atoms with E-state index in [-0.39, 0.29) is 11.5 Å². The Morgan fingerprint density at radius 2 is 1.80 bits per heavy atom. The molecule has 0 saturated heterocycles. The van der Waals surface area contributed by atoms with E-state index in [1.165, 1.54) is 5.56 Å². The van der Waals surface area contributed by atoms with Gasteiger partial charge < -0.3 is 5.11 Å². The van der Waals surface area contributed by atoms with Crippen molar-refractivity contribution >= 4 is 5.97 Å². The predicted octanol–water partition coefficient (Wildman–Crippen LogP) is 3.89. The molecule has 0 bridgehead atoms. The van der Waals surface area contributed by atoms with Crippen LogP contribution < -0.4 is 5.32 Å². The molecule has 112 valence electrons. The van der Waals surface area contributed by atoms with Crippen molar-refractivity contribution in [2.75, 3.05) is 0 Å². The molecule has 0 aliphatic heterocycles. The summed E-state index contributed by atoms with van der Waals surface area (Å²) in [6.07, 6.45) is 1.51. The van der Waals surface area contributed by atoms with Gasteiger partial charge in [-0.25, -0.2) is 0 Å². The number of carboxylic acids is 1. The highest BCUT2D eigenvalue weighted by Gasteiger charge is 2.19. The molecule has 0 aliphatic rings. The van der Waals surface area contributed by atoms with Gasteiger partial charge >= 0.3 is 5.97 Å². The van der Waals surface area contributed by atoms with Crippen molar-refractivity contribution in [3.63, 3.8) is 0 Å². The molecule has 0 fully saturated rings. The first-order valence-electron chi connectivity index (χ1n) is 7.35. The number of carboxylic acid groups (broad SMARTS) is 1. The van der Waals surface area contributed by atoms with Crippen LogP contribution in [0.5, 0.6) is 0 Å². The number of nitrogens with one attached hydrogen (secondary N) is 1. The molecular weight excluding hydrogens is 250 g/mol. The van der Waals surface area contributed by atoms with Crippen molar-refractivity contribution in [2.45, 2.75) is 65.0 Å². The standard InChI is InChI=1S/C17H27NO2/c1-6-7-15(16(19)20)18-12(2)13-8-10-14(11-9-13)17(3,4)5/h8-12,15,18H,6-7H2,1-5H3,(H,19,20). The monoisotopic (exact) mass is 277 g/mol. The molecule has 1 aromatic rings. The summed E-state index contributed by atoms with van der Waals surface area (Å²) in [7, 11) is 0. The summed E-state index contributed by atoms with van der Waals surface area (Å²) in [6, 6.07) is 7.99. The van der Waals surface area contributed by atoms with E-state index in [1.807, 2.05) is 13.8 Å². The fourth-order valence-corrected chi connectivity index (χ4v) is 2.24. The number of aliphatic carboxylic acids is 1. The van der Waals surface area contributed by atoms with Gasteiger partial charge in [0.1, 0.15) is 6.04 Å². The molecule has 0 aromatic heterocycles. The highest BCUT2D eigenvalue weighted by Crippen LogP contribution is 2.24. The fourth-order valence-electron chi connectivity index (χ4n) is 2.24. The van der Waals surface area contributed by atoms with Crippen molar-refractivity contribution in [1.82, 2.24) is 5.32 Å². The van der Waals surface area contributed by atoms with Crippen LogP contribution in [0.1, 0.15) is 64.6 Å². The Morgan fingerprint density at radius 3 is 2.20 bits per heavy atom. The van der Waals surface area contributed by atoms with E-state index in [0.29, 0.717) is 6.42 Å². The Kier molecular flexibility index (Phi) is 5.75. The predicted molar refractivity (Wildman–Crippen MR) is 83.0 cm³/mol. The molecule has 0 aliphatic carbocycles. The van der Waals surface area contributed by atoms with Crippen LogP contribution in [-0.2, 0) is 10.2 Å². The summed E-state index contributed by atoms with van der Waals surface area (Å²) in [5, 5.41) is 12.4. The molecule has 0 heterocycles. The van der Waals surface area contributed by atoms with Gasteiger partial charge in [0, 0.05) is 6.04 Å². The van der Waals surface area contributed by atoms with E-state index in [1.54, 1.807) is 0 Å². The molecule has 2 unspecified atom stereocenters. The number of rotatable bonds is 6. The van der Waals surface area contributed by atoms with E-state index < -0.39 is 12.0 Å². The van der Waals surface area contributed by atoms with Crippen molar-refractivity contribution < 1.29 is 9.90 Å². The SMILES string of the molecule is CCCC(NC(C)c1ccc(C(C)(C)C)cc1)C(=O)O. The third-order valence-electron chi connectivity index (χ3n) is 3.60. The summed E-state index contributed by atoms with van der Waals surface area (Å²) in [5.74, 6) is -0.773. The molecule has 1 rings (SSSR count). The first kappa shape index (κ1) is 16.7. The zero-order valence-electron chi connectivity index (χ0n) is 13.2. The highest BCUT2D eigenvalue weighted by molar-refractivity contribution is 5.73. The minimum atomic E-state index is -0.773. The molecule has 2 atom stereocenters. The van der Waals surface area contributed by atoms with E-state index in [2.05, 4.69) is 50.4 Å². The minimum absolute atomic E-state index is 0.0386. The lowest BCUT2D eigenvalue weighted by Gasteiger charge is -2.22. The van der Waals surface area contributed by atoms with Crippen LogP contribution in [0, 0.1) is 0 Å². The molecule has 0 amide bonds. The van der Waals surface area contributed by atoms with Crippen molar-refractivity contribution in [2.24, 2.45) is 0 Å². The Balaban J connectivity index is 2.77. The Morgan fingerprint density at radius 1 is 1.25 bits per heavy atom. The molecule has 0 spiro atoms. The third-order valence-corrected chi connectivity index (χ3v) is 3.60. The van der Waals surface area contributed by atoms with E-state index in [0.717, 1.165) is 12.0 Å². The van der Waals surface area contributed by atoms with Gasteiger partial charge in [0.15, 0.2) is 0 Å². The second kappa shape index (κ2) is 6.89. The van der Waals surface area contributed by atoms with Gasteiger partial charge in [0.05, 0.1) is 0 Å². The van der Waals surface area contributed by atoms with Crippen molar-refractivity contribution in [3.8, 4) is 0 Å². The number of carbonyl (C=O) groups is 1. The Labute approximate surface area is 122 Å². The lowest BCUT2D eigenvalue weighted by Crippen LogP contribution is -2.38. The van der Waals surface area contributed by atoms with Crippen LogP contribution >= 0.6 is 0 Å². The van der Waals surface area contributed by atoms with Crippen molar-refractivity contribution in [3.05, 3.63) is 35.4 Å². The zero-order chi connectivity index (χ0) is 15.3. The van der Waals surface area contributed by atoms with Crippen LogP contribution in [-0.4, -0.2) is 17.1 Å².